The topological polar surface area (TPSA) is 135 Å². The molecule has 1 amide bonds. The third-order valence-electron chi connectivity index (χ3n) is 7.43. The van der Waals surface area contributed by atoms with Gasteiger partial charge in [-0.25, -0.2) is 18.1 Å². The molecule has 0 spiro atoms. The van der Waals surface area contributed by atoms with Crippen molar-refractivity contribution >= 4 is 21.9 Å². The Balaban J connectivity index is 1.68. The average Bonchev–Trinajstić information content (AvgIpc) is 2.97. The standard InChI is InChI=1S/C33H37N5O5S/c1-21-8-6-9-22(2)30(21)28-16-29-36-32(35-28)37-44(41,42)27-11-7-10-24(15-27)31(40)38(26(20-43-29)17-33(3,4)5)18-25-14-23(19-39)12-13-34-25/h6-16,26,39H,17-20H2,1-5H3,(H,35,36,37)/t26-/m1/s1. The summed E-state index contributed by atoms with van der Waals surface area (Å²) in [7, 11) is -4.17. The van der Waals surface area contributed by atoms with Gasteiger partial charge >= 0.3 is 0 Å². The van der Waals surface area contributed by atoms with Crippen LogP contribution < -0.4 is 9.46 Å². The third-order valence-corrected chi connectivity index (χ3v) is 8.75. The number of benzene rings is 2. The number of rotatable bonds is 5. The van der Waals surface area contributed by atoms with Crippen LogP contribution in [0.1, 0.15) is 59.9 Å². The summed E-state index contributed by atoms with van der Waals surface area (Å²) in [6.45, 7) is 10.2. The van der Waals surface area contributed by atoms with Crippen molar-refractivity contribution in [2.24, 2.45) is 5.41 Å². The molecule has 0 radical (unpaired) electrons. The van der Waals surface area contributed by atoms with Gasteiger partial charge in [-0.2, -0.15) is 4.98 Å². The van der Waals surface area contributed by atoms with Crippen molar-refractivity contribution in [3.8, 4) is 17.1 Å². The van der Waals surface area contributed by atoms with E-state index in [0.29, 0.717) is 23.4 Å². The van der Waals surface area contributed by atoms with E-state index in [9.17, 15) is 18.3 Å². The van der Waals surface area contributed by atoms with Crippen LogP contribution in [-0.2, 0) is 23.2 Å². The fraction of sp³-hybridized carbons (Fsp3) is 0.333. The largest absolute Gasteiger partial charge is 0.475 e. The molecular weight excluding hydrogens is 578 g/mol. The molecule has 0 saturated heterocycles. The maximum Gasteiger partial charge on any atom is 0.264 e. The number of nitrogens with zero attached hydrogens (tertiary/aromatic N) is 4. The summed E-state index contributed by atoms with van der Waals surface area (Å²) < 4.78 is 35.9. The molecule has 1 atom stereocenters. The molecule has 1 aliphatic rings. The Morgan fingerprint density at radius 3 is 2.45 bits per heavy atom. The molecule has 3 heterocycles. The monoisotopic (exact) mass is 615 g/mol. The van der Waals surface area contributed by atoms with Crippen LogP contribution in [0.3, 0.4) is 0 Å². The number of aromatic nitrogens is 3. The maximum atomic E-state index is 14.2. The first kappa shape index (κ1) is 31.1. The van der Waals surface area contributed by atoms with Crippen molar-refractivity contribution in [2.45, 2.75) is 65.1 Å². The number of aryl methyl sites for hydroxylation is 2. The molecular formula is C33H37N5O5S. The second-order valence-corrected chi connectivity index (χ2v) is 14.0. The highest BCUT2D eigenvalue weighted by atomic mass is 32.2. The molecule has 230 valence electrons. The van der Waals surface area contributed by atoms with E-state index in [0.717, 1.165) is 16.7 Å². The zero-order valence-electron chi connectivity index (χ0n) is 25.5. The minimum atomic E-state index is -4.17. The Hall–Kier alpha value is -4.35. The summed E-state index contributed by atoms with van der Waals surface area (Å²) in [5.74, 6) is -0.331. The zero-order valence-corrected chi connectivity index (χ0v) is 26.4. The lowest BCUT2D eigenvalue weighted by molar-refractivity contribution is 0.0509. The molecule has 0 aliphatic carbocycles. The number of fused-ring (bicyclic) bond motifs is 4. The number of pyridine rings is 1. The van der Waals surface area contributed by atoms with E-state index in [1.54, 1.807) is 41.4 Å². The van der Waals surface area contributed by atoms with Gasteiger partial charge in [0.15, 0.2) is 0 Å². The van der Waals surface area contributed by atoms with Crippen molar-refractivity contribution in [2.75, 3.05) is 11.3 Å². The van der Waals surface area contributed by atoms with E-state index in [2.05, 4.69) is 40.4 Å². The number of sulfonamides is 1. The predicted molar refractivity (Wildman–Crippen MR) is 168 cm³/mol. The SMILES string of the molecule is Cc1cccc(C)c1-c1cc2nc(n1)NS(=O)(=O)c1cccc(c1)C(=O)N(Cc1cc(CO)ccn1)[C@H](CC(C)(C)C)CO2. The first-order chi connectivity index (χ1) is 20.8. The summed E-state index contributed by atoms with van der Waals surface area (Å²) in [6.07, 6.45) is 2.16. The number of aliphatic hydroxyl groups excluding tert-OH is 1. The molecule has 0 unspecified atom stereocenters. The summed E-state index contributed by atoms with van der Waals surface area (Å²) >= 11 is 0. The molecule has 10 nitrogen and oxygen atoms in total. The highest BCUT2D eigenvalue weighted by Gasteiger charge is 2.32. The Morgan fingerprint density at radius 2 is 1.75 bits per heavy atom. The van der Waals surface area contributed by atoms with E-state index in [1.165, 1.54) is 12.1 Å². The van der Waals surface area contributed by atoms with Crippen LogP contribution in [0.25, 0.3) is 11.3 Å². The van der Waals surface area contributed by atoms with Crippen LogP contribution in [0.5, 0.6) is 5.88 Å². The molecule has 0 fully saturated rings. The number of ether oxygens (including phenoxy) is 1. The van der Waals surface area contributed by atoms with Crippen molar-refractivity contribution in [3.05, 3.63) is 94.8 Å². The second-order valence-electron chi connectivity index (χ2n) is 12.3. The first-order valence-electron chi connectivity index (χ1n) is 14.4. The van der Waals surface area contributed by atoms with E-state index in [-0.39, 0.29) is 53.4 Å². The number of nitrogens with one attached hydrogen (secondary N) is 1. The van der Waals surface area contributed by atoms with Crippen LogP contribution in [0, 0.1) is 19.3 Å². The predicted octanol–water partition coefficient (Wildman–Crippen LogP) is 5.29. The number of carbonyl (C=O) groups excluding carboxylic acids is 1. The maximum absolute atomic E-state index is 14.2. The number of anilines is 1. The lowest BCUT2D eigenvalue weighted by atomic mass is 9.87. The number of carbonyl (C=O) groups is 1. The number of hydrogen-bond acceptors (Lipinski definition) is 8. The van der Waals surface area contributed by atoms with Gasteiger partial charge in [-0.15, -0.1) is 0 Å². The Kier molecular flexibility index (Phi) is 8.71. The normalized spacial score (nSPS) is 16.6. The van der Waals surface area contributed by atoms with E-state index < -0.39 is 16.1 Å². The van der Waals surface area contributed by atoms with Gasteiger partial charge in [0.05, 0.1) is 35.5 Å². The van der Waals surface area contributed by atoms with Gasteiger partial charge in [0.1, 0.15) is 6.61 Å². The van der Waals surface area contributed by atoms with Crippen molar-refractivity contribution in [3.63, 3.8) is 0 Å². The fourth-order valence-corrected chi connectivity index (χ4v) is 6.42. The van der Waals surface area contributed by atoms with E-state index in [4.69, 9.17) is 4.74 Å². The lowest BCUT2D eigenvalue weighted by Crippen LogP contribution is -2.45. The first-order valence-corrected chi connectivity index (χ1v) is 15.9. The minimum absolute atomic E-state index is 0.0811. The Morgan fingerprint density at radius 1 is 1.02 bits per heavy atom. The minimum Gasteiger partial charge on any atom is -0.475 e. The van der Waals surface area contributed by atoms with Crippen LogP contribution in [0.2, 0.25) is 0 Å². The van der Waals surface area contributed by atoms with Gasteiger partial charge < -0.3 is 14.7 Å². The van der Waals surface area contributed by atoms with Crippen LogP contribution >= 0.6 is 0 Å². The molecule has 0 saturated carbocycles. The molecule has 4 bridgehead atoms. The smallest absolute Gasteiger partial charge is 0.264 e. The van der Waals surface area contributed by atoms with Crippen molar-refractivity contribution in [1.29, 1.82) is 0 Å². The van der Waals surface area contributed by atoms with E-state index in [1.807, 2.05) is 32.0 Å². The van der Waals surface area contributed by atoms with Gasteiger partial charge in [-0.1, -0.05) is 45.0 Å². The fourth-order valence-electron chi connectivity index (χ4n) is 5.43. The molecule has 5 rings (SSSR count). The third kappa shape index (κ3) is 7.06. The Bertz CT molecular complexity index is 1780. The highest BCUT2D eigenvalue weighted by Crippen LogP contribution is 2.31. The second kappa shape index (κ2) is 12.3. The van der Waals surface area contributed by atoms with Gasteiger partial charge in [0, 0.05) is 23.4 Å². The summed E-state index contributed by atoms with van der Waals surface area (Å²) in [6, 6.07) is 16.5. The quantitative estimate of drug-likeness (QED) is 0.309. The number of amides is 1. The van der Waals surface area contributed by atoms with Crippen molar-refractivity contribution < 1.29 is 23.1 Å². The number of aliphatic hydroxyl groups is 1. The Labute approximate surface area is 258 Å². The van der Waals surface area contributed by atoms with Crippen LogP contribution in [-0.4, -0.2) is 51.9 Å². The molecule has 11 heteroatoms. The molecule has 2 aromatic carbocycles. The van der Waals surface area contributed by atoms with Crippen LogP contribution in [0.4, 0.5) is 5.95 Å². The zero-order chi connectivity index (χ0) is 31.6. The van der Waals surface area contributed by atoms with Gasteiger partial charge in [0.25, 0.3) is 15.9 Å². The number of hydrogen-bond donors (Lipinski definition) is 2. The van der Waals surface area contributed by atoms with Crippen molar-refractivity contribution in [1.82, 2.24) is 19.9 Å². The highest BCUT2D eigenvalue weighted by molar-refractivity contribution is 7.92. The van der Waals surface area contributed by atoms with Crippen LogP contribution in [0.15, 0.2) is 71.8 Å². The molecule has 4 aromatic rings. The molecule has 44 heavy (non-hydrogen) atoms. The lowest BCUT2D eigenvalue weighted by Gasteiger charge is -2.35. The van der Waals surface area contributed by atoms with Gasteiger partial charge in [-0.3, -0.25) is 9.78 Å². The summed E-state index contributed by atoms with van der Waals surface area (Å²) in [5, 5.41) is 9.70. The summed E-state index contributed by atoms with van der Waals surface area (Å²) in [5.41, 5.74) is 4.55. The molecule has 2 N–H and O–H groups in total. The summed E-state index contributed by atoms with van der Waals surface area (Å²) in [4.78, 5) is 29.3. The molecule has 1 aliphatic heterocycles. The average molecular weight is 616 g/mol. The van der Waals surface area contributed by atoms with Gasteiger partial charge in [-0.05, 0) is 72.7 Å². The van der Waals surface area contributed by atoms with E-state index >= 15 is 0 Å². The molecule has 2 aromatic heterocycles. The van der Waals surface area contributed by atoms with Gasteiger partial charge in [0.2, 0.25) is 11.8 Å².